The fourth-order valence-corrected chi connectivity index (χ4v) is 3.17. The van der Waals surface area contributed by atoms with Crippen molar-refractivity contribution in [3.63, 3.8) is 0 Å². The quantitative estimate of drug-likeness (QED) is 0.795. The van der Waals surface area contributed by atoms with Crippen LogP contribution in [-0.2, 0) is 11.3 Å². The van der Waals surface area contributed by atoms with Gasteiger partial charge in [0, 0.05) is 36.3 Å². The second-order valence-electron chi connectivity index (χ2n) is 6.34. The summed E-state index contributed by atoms with van der Waals surface area (Å²) in [7, 11) is 0. The molecule has 0 saturated carbocycles. The fraction of sp³-hybridized carbons (Fsp3) is 0.250. The molecule has 0 spiro atoms. The van der Waals surface area contributed by atoms with Crippen molar-refractivity contribution < 1.29 is 9.13 Å². The van der Waals surface area contributed by atoms with Crippen molar-refractivity contribution in [3.8, 4) is 11.3 Å². The first kappa shape index (κ1) is 16.0. The predicted molar refractivity (Wildman–Crippen MR) is 97.6 cm³/mol. The van der Waals surface area contributed by atoms with E-state index in [9.17, 15) is 4.39 Å². The molecule has 5 heteroatoms. The Morgan fingerprint density at radius 3 is 2.56 bits per heavy atom. The first-order valence-corrected chi connectivity index (χ1v) is 8.44. The maximum absolute atomic E-state index is 13.4. The number of morpholine rings is 1. The van der Waals surface area contributed by atoms with Gasteiger partial charge in [-0.05, 0) is 29.8 Å². The molecule has 25 heavy (non-hydrogen) atoms. The van der Waals surface area contributed by atoms with Gasteiger partial charge in [0.05, 0.1) is 24.4 Å². The number of anilines is 1. The number of nitrogens with two attached hydrogens (primary N) is 1. The molecule has 0 radical (unpaired) electrons. The van der Waals surface area contributed by atoms with Crippen molar-refractivity contribution in [3.05, 3.63) is 59.9 Å². The van der Waals surface area contributed by atoms with E-state index in [0.717, 1.165) is 44.1 Å². The van der Waals surface area contributed by atoms with E-state index in [1.54, 1.807) is 12.1 Å². The van der Waals surface area contributed by atoms with Crippen LogP contribution in [-0.4, -0.2) is 36.2 Å². The largest absolute Gasteiger partial charge is 0.398 e. The number of nitrogens with zero attached hydrogens (tertiary/aromatic N) is 2. The van der Waals surface area contributed by atoms with E-state index < -0.39 is 0 Å². The van der Waals surface area contributed by atoms with E-state index in [0.29, 0.717) is 16.6 Å². The molecule has 3 aromatic rings. The van der Waals surface area contributed by atoms with Crippen molar-refractivity contribution in [2.45, 2.75) is 6.54 Å². The number of ether oxygens (including phenoxy) is 1. The molecule has 0 aliphatic carbocycles. The summed E-state index contributed by atoms with van der Waals surface area (Å²) in [5.74, 6) is -0.304. The minimum Gasteiger partial charge on any atom is -0.398 e. The van der Waals surface area contributed by atoms with Crippen molar-refractivity contribution in [1.82, 2.24) is 9.88 Å². The van der Waals surface area contributed by atoms with E-state index >= 15 is 0 Å². The van der Waals surface area contributed by atoms with Crippen LogP contribution >= 0.6 is 0 Å². The second-order valence-corrected chi connectivity index (χ2v) is 6.34. The van der Waals surface area contributed by atoms with Gasteiger partial charge in [0.2, 0.25) is 0 Å². The van der Waals surface area contributed by atoms with Gasteiger partial charge in [0.15, 0.2) is 0 Å². The zero-order valence-corrected chi connectivity index (χ0v) is 13.9. The van der Waals surface area contributed by atoms with Crippen molar-refractivity contribution in [2.75, 3.05) is 32.0 Å². The number of halogens is 1. The maximum atomic E-state index is 13.4. The topological polar surface area (TPSA) is 51.4 Å². The highest BCUT2D eigenvalue weighted by Gasteiger charge is 2.11. The first-order chi connectivity index (χ1) is 12.2. The van der Waals surface area contributed by atoms with Crippen molar-refractivity contribution >= 4 is 16.6 Å². The van der Waals surface area contributed by atoms with Gasteiger partial charge < -0.3 is 10.5 Å². The molecular formula is C20H20FN3O. The summed E-state index contributed by atoms with van der Waals surface area (Å²) in [5.41, 5.74) is 10.4. The number of pyridine rings is 1. The minimum atomic E-state index is -0.304. The molecule has 0 bridgehead atoms. The lowest BCUT2D eigenvalue weighted by Gasteiger charge is -2.26. The minimum absolute atomic E-state index is 0.304. The SMILES string of the molecule is Nc1cc(-c2ccc(CN3CCOCC3)cc2)nc2ccc(F)cc12. The molecule has 128 valence electrons. The monoisotopic (exact) mass is 337 g/mol. The van der Waals surface area contributed by atoms with E-state index in [1.807, 2.05) is 0 Å². The number of rotatable bonds is 3. The number of aromatic nitrogens is 1. The van der Waals surface area contributed by atoms with E-state index in [-0.39, 0.29) is 5.82 Å². The molecule has 0 atom stereocenters. The molecule has 4 rings (SSSR count). The Bertz CT molecular complexity index is 889. The zero-order valence-electron chi connectivity index (χ0n) is 13.9. The second kappa shape index (κ2) is 6.78. The Balaban J connectivity index is 1.59. The van der Waals surface area contributed by atoms with Crippen LogP contribution in [0.3, 0.4) is 0 Å². The molecule has 2 heterocycles. The van der Waals surface area contributed by atoms with Gasteiger partial charge in [-0.3, -0.25) is 4.90 Å². The van der Waals surface area contributed by atoms with Gasteiger partial charge in [0.1, 0.15) is 5.82 Å². The summed E-state index contributed by atoms with van der Waals surface area (Å²) in [6.45, 7) is 4.48. The summed E-state index contributed by atoms with van der Waals surface area (Å²) in [4.78, 5) is 7.01. The molecule has 1 aliphatic rings. The third kappa shape index (κ3) is 3.48. The highest BCUT2D eigenvalue weighted by atomic mass is 19.1. The summed E-state index contributed by atoms with van der Waals surface area (Å²) in [6.07, 6.45) is 0. The lowest BCUT2D eigenvalue weighted by atomic mass is 10.1. The molecule has 2 aromatic carbocycles. The van der Waals surface area contributed by atoms with Gasteiger partial charge in [-0.25, -0.2) is 9.37 Å². The Morgan fingerprint density at radius 1 is 1.04 bits per heavy atom. The third-order valence-corrected chi connectivity index (χ3v) is 4.56. The molecule has 1 saturated heterocycles. The molecule has 1 aromatic heterocycles. The molecule has 0 unspecified atom stereocenters. The Kier molecular flexibility index (Phi) is 4.34. The molecule has 1 fully saturated rings. The molecule has 0 amide bonds. The number of fused-ring (bicyclic) bond motifs is 1. The lowest BCUT2D eigenvalue weighted by Crippen LogP contribution is -2.35. The summed E-state index contributed by atoms with van der Waals surface area (Å²) < 4.78 is 18.8. The number of nitrogen functional groups attached to an aromatic ring is 1. The standard InChI is InChI=1S/C20H20FN3O/c21-16-5-6-19-17(11-16)18(22)12-20(23-19)15-3-1-14(2-4-15)13-24-7-9-25-10-8-24/h1-6,11-12H,7-10,13H2,(H2,22,23). The average Bonchev–Trinajstić information content (AvgIpc) is 2.64. The van der Waals surface area contributed by atoms with Crippen molar-refractivity contribution in [1.29, 1.82) is 0 Å². The van der Waals surface area contributed by atoms with Gasteiger partial charge in [-0.15, -0.1) is 0 Å². The summed E-state index contributed by atoms with van der Waals surface area (Å²) in [5, 5.41) is 0.646. The molecule has 2 N–H and O–H groups in total. The predicted octanol–water partition coefficient (Wildman–Crippen LogP) is 3.46. The van der Waals surface area contributed by atoms with E-state index in [4.69, 9.17) is 10.5 Å². The highest BCUT2D eigenvalue weighted by Crippen LogP contribution is 2.27. The van der Waals surface area contributed by atoms with Gasteiger partial charge >= 0.3 is 0 Å². The normalized spacial score (nSPS) is 15.6. The van der Waals surface area contributed by atoms with E-state index in [2.05, 4.69) is 34.1 Å². The third-order valence-electron chi connectivity index (χ3n) is 4.56. The van der Waals surface area contributed by atoms with Crippen LogP contribution < -0.4 is 5.73 Å². The van der Waals surface area contributed by atoms with Gasteiger partial charge in [0.25, 0.3) is 0 Å². The number of hydrogen-bond acceptors (Lipinski definition) is 4. The van der Waals surface area contributed by atoms with Crippen LogP contribution in [0.2, 0.25) is 0 Å². The van der Waals surface area contributed by atoms with Crippen LogP contribution in [0.25, 0.3) is 22.2 Å². The number of benzene rings is 2. The molecule has 4 nitrogen and oxygen atoms in total. The first-order valence-electron chi connectivity index (χ1n) is 8.44. The smallest absolute Gasteiger partial charge is 0.124 e. The Hall–Kier alpha value is -2.50. The summed E-state index contributed by atoms with van der Waals surface area (Å²) in [6, 6.07) is 14.7. The van der Waals surface area contributed by atoms with Gasteiger partial charge in [-0.2, -0.15) is 0 Å². The van der Waals surface area contributed by atoms with E-state index in [1.165, 1.54) is 17.7 Å². The van der Waals surface area contributed by atoms with Crippen LogP contribution in [0.4, 0.5) is 10.1 Å². The summed E-state index contributed by atoms with van der Waals surface area (Å²) >= 11 is 0. The van der Waals surface area contributed by atoms with Gasteiger partial charge in [-0.1, -0.05) is 24.3 Å². The average molecular weight is 337 g/mol. The maximum Gasteiger partial charge on any atom is 0.124 e. The Labute approximate surface area is 146 Å². The van der Waals surface area contributed by atoms with Crippen LogP contribution in [0.1, 0.15) is 5.56 Å². The zero-order chi connectivity index (χ0) is 17.2. The van der Waals surface area contributed by atoms with Crippen LogP contribution in [0, 0.1) is 5.82 Å². The van der Waals surface area contributed by atoms with Crippen molar-refractivity contribution in [2.24, 2.45) is 0 Å². The molecular weight excluding hydrogens is 317 g/mol. The van der Waals surface area contributed by atoms with Crippen LogP contribution in [0.5, 0.6) is 0 Å². The number of hydrogen-bond donors (Lipinski definition) is 1. The lowest BCUT2D eigenvalue weighted by molar-refractivity contribution is 0.0342. The van der Waals surface area contributed by atoms with Crippen LogP contribution in [0.15, 0.2) is 48.5 Å². The fourth-order valence-electron chi connectivity index (χ4n) is 3.17. The highest BCUT2D eigenvalue weighted by molar-refractivity contribution is 5.92. The molecule has 1 aliphatic heterocycles. The Morgan fingerprint density at radius 2 is 1.80 bits per heavy atom.